The third-order valence-corrected chi connectivity index (χ3v) is 4.67. The van der Waals surface area contributed by atoms with E-state index < -0.39 is 42.3 Å². The van der Waals surface area contributed by atoms with E-state index >= 15 is 0 Å². The van der Waals surface area contributed by atoms with Crippen LogP contribution in [-0.2, 0) is 9.59 Å². The summed E-state index contributed by atoms with van der Waals surface area (Å²) in [5, 5.41) is 35.8. The molecule has 1 amide bonds. The van der Waals surface area contributed by atoms with Crippen LogP contribution in [0.2, 0.25) is 0 Å². The number of hydrogen-bond donors (Lipinski definition) is 6. The molecule has 0 saturated heterocycles. The van der Waals surface area contributed by atoms with Gasteiger partial charge in [-0.1, -0.05) is 0 Å². The molecule has 0 unspecified atom stereocenters. The van der Waals surface area contributed by atoms with E-state index in [1.54, 1.807) is 0 Å². The second kappa shape index (κ2) is 9.78. The molecule has 0 fully saturated rings. The van der Waals surface area contributed by atoms with Crippen LogP contribution in [0, 0.1) is 5.21 Å². The minimum absolute atomic E-state index is 0.0223. The number of aliphatic imine (C=N–C) groups is 1. The highest BCUT2D eigenvalue weighted by molar-refractivity contribution is 5.98. The van der Waals surface area contributed by atoms with Crippen molar-refractivity contribution >= 4 is 46.7 Å². The molecule has 174 valence electrons. The van der Waals surface area contributed by atoms with Crippen LogP contribution in [0.4, 0.5) is 23.1 Å². The first-order valence-corrected chi connectivity index (χ1v) is 9.65. The number of benzene rings is 1. The molecule has 1 aliphatic heterocycles. The number of nitrogens with zero attached hydrogens (tertiary/aromatic N) is 3. The first-order chi connectivity index (χ1) is 15.7. The van der Waals surface area contributed by atoms with Crippen LogP contribution < -0.4 is 21.9 Å². The molecule has 14 nitrogen and oxygen atoms in total. The predicted molar refractivity (Wildman–Crippen MR) is 118 cm³/mol. The maximum absolute atomic E-state index is 12.3. The molecule has 0 bridgehead atoms. The van der Waals surface area contributed by atoms with Gasteiger partial charge in [-0.2, -0.15) is 4.98 Å². The van der Waals surface area contributed by atoms with E-state index in [0.717, 1.165) is 0 Å². The van der Waals surface area contributed by atoms with E-state index in [1.165, 1.54) is 24.3 Å². The van der Waals surface area contributed by atoms with E-state index in [9.17, 15) is 24.4 Å². The second-order valence-electron chi connectivity index (χ2n) is 7.03. The quantitative estimate of drug-likeness (QED) is 0.278. The summed E-state index contributed by atoms with van der Waals surface area (Å²) in [6.45, 7) is 0.581. The Morgan fingerprint density at radius 2 is 1.94 bits per heavy atom. The Kier molecular flexibility index (Phi) is 6.88. The van der Waals surface area contributed by atoms with E-state index in [2.05, 4.69) is 25.6 Å². The molecule has 2 aromatic rings. The number of hydroxylamine groups is 2. The van der Waals surface area contributed by atoms with Crippen LogP contribution in [0.5, 0.6) is 0 Å². The van der Waals surface area contributed by atoms with Crippen LogP contribution in [0.15, 0.2) is 34.1 Å². The predicted octanol–water partition coefficient (Wildman–Crippen LogP) is 0.220. The first-order valence-electron chi connectivity index (χ1n) is 9.65. The van der Waals surface area contributed by atoms with Gasteiger partial charge in [0.05, 0.1) is 18.8 Å². The number of rotatable bonds is 9. The lowest BCUT2D eigenvalue weighted by Gasteiger charge is -2.34. The lowest BCUT2D eigenvalue weighted by Crippen LogP contribution is -2.41. The maximum atomic E-state index is 12.3. The molecule has 33 heavy (non-hydrogen) atoms. The number of hydrogen-bond acceptors (Lipinski definition) is 10. The van der Waals surface area contributed by atoms with Crippen LogP contribution in [-0.4, -0.2) is 67.9 Å². The number of aliphatic carboxylic acids is 2. The molecular formula is C19H20N7O7-. The number of fused-ring (bicyclic) bond motifs is 1. The monoisotopic (exact) mass is 458 g/mol. The van der Waals surface area contributed by atoms with Crippen molar-refractivity contribution in [1.82, 2.24) is 15.0 Å². The van der Waals surface area contributed by atoms with Crippen molar-refractivity contribution in [3.8, 4) is 0 Å². The third-order valence-electron chi connectivity index (χ3n) is 4.67. The number of anilines is 3. The Bertz CT molecular complexity index is 1160. The van der Waals surface area contributed by atoms with E-state index in [-0.39, 0.29) is 34.6 Å². The number of carbonyl (C=O) groups is 3. The normalized spacial score (nSPS) is 13.2. The van der Waals surface area contributed by atoms with Gasteiger partial charge < -0.3 is 36.9 Å². The molecule has 1 aliphatic rings. The summed E-state index contributed by atoms with van der Waals surface area (Å²) < 4.78 is 0. The number of amides is 1. The van der Waals surface area contributed by atoms with Gasteiger partial charge in [-0.3, -0.25) is 24.2 Å². The van der Waals surface area contributed by atoms with E-state index in [4.69, 9.17) is 15.9 Å². The summed E-state index contributed by atoms with van der Waals surface area (Å²) in [6.07, 6.45) is -1.08. The largest absolute Gasteiger partial charge is 0.755 e. The van der Waals surface area contributed by atoms with Crippen molar-refractivity contribution in [3.63, 3.8) is 0 Å². The van der Waals surface area contributed by atoms with Crippen LogP contribution in [0.3, 0.4) is 0 Å². The second-order valence-corrected chi connectivity index (χ2v) is 7.03. The van der Waals surface area contributed by atoms with Crippen molar-refractivity contribution in [2.75, 3.05) is 29.5 Å². The molecule has 1 aromatic heterocycles. The van der Waals surface area contributed by atoms with Gasteiger partial charge in [-0.25, -0.2) is 4.99 Å². The highest BCUT2D eigenvalue weighted by Gasteiger charge is 2.24. The van der Waals surface area contributed by atoms with Gasteiger partial charge in [0.15, 0.2) is 11.5 Å². The number of aromatic amines is 1. The molecule has 1 aromatic carbocycles. The minimum atomic E-state index is -1.81. The molecule has 7 N–H and O–H groups in total. The lowest BCUT2D eigenvalue weighted by molar-refractivity contribution is -0.142. The van der Waals surface area contributed by atoms with Crippen molar-refractivity contribution in [3.05, 3.63) is 45.4 Å². The Morgan fingerprint density at radius 3 is 2.58 bits per heavy atom. The Hall–Kier alpha value is -4.46. The van der Waals surface area contributed by atoms with Crippen molar-refractivity contribution in [1.29, 1.82) is 0 Å². The smallest absolute Gasteiger partial charge is 0.325 e. The zero-order chi connectivity index (χ0) is 24.1. The summed E-state index contributed by atoms with van der Waals surface area (Å²) in [4.78, 5) is 56.8. The fraction of sp³-hybridized carbons (Fsp3) is 0.263. The number of nitrogens with two attached hydrogens (primary N) is 1. The van der Waals surface area contributed by atoms with Crippen LogP contribution in [0.1, 0.15) is 23.2 Å². The van der Waals surface area contributed by atoms with Crippen LogP contribution in [0.25, 0.3) is 0 Å². The Morgan fingerprint density at radius 1 is 1.24 bits per heavy atom. The Labute approximate surface area is 185 Å². The molecule has 1 atom stereocenters. The summed E-state index contributed by atoms with van der Waals surface area (Å²) in [5.41, 5.74) is 6.25. The molecule has 14 heteroatoms. The van der Waals surface area contributed by atoms with Gasteiger partial charge >= 0.3 is 11.9 Å². The lowest BCUT2D eigenvalue weighted by atomic mass is 10.1. The van der Waals surface area contributed by atoms with Crippen molar-refractivity contribution < 1.29 is 24.6 Å². The number of carbonyl (C=O) groups excluding carboxylic acids is 1. The fourth-order valence-corrected chi connectivity index (χ4v) is 3.00. The van der Waals surface area contributed by atoms with Gasteiger partial charge in [0.2, 0.25) is 11.9 Å². The minimum Gasteiger partial charge on any atom is -0.755 e. The Balaban J connectivity index is 1.63. The maximum Gasteiger partial charge on any atom is 0.325 e. The van der Waals surface area contributed by atoms with Gasteiger partial charge in [-0.15, -0.1) is 0 Å². The molecule has 0 radical (unpaired) electrons. The van der Waals surface area contributed by atoms with Gasteiger partial charge in [-0.05, 0) is 30.7 Å². The summed E-state index contributed by atoms with van der Waals surface area (Å²) in [6, 6.07) is 3.87. The summed E-state index contributed by atoms with van der Waals surface area (Å²) >= 11 is 0. The molecule has 0 spiro atoms. The molecule has 2 heterocycles. The molecule has 0 saturated carbocycles. The number of carboxylic acid groups (broad SMARTS) is 2. The molecular weight excluding hydrogens is 438 g/mol. The summed E-state index contributed by atoms with van der Waals surface area (Å²) in [7, 11) is 0. The number of carboxylic acids is 2. The van der Waals surface area contributed by atoms with Gasteiger partial charge in [0.1, 0.15) is 6.04 Å². The zero-order valence-corrected chi connectivity index (χ0v) is 17.1. The highest BCUT2D eigenvalue weighted by Crippen LogP contribution is 2.21. The SMILES string of the molecule is Nc1nc2c(c(=O)[nH]1)N=C(CNc1ccc(C(=O)N([O-])[C@@H](CCC(=O)O)C(=O)O)cc1)CN2. The van der Waals surface area contributed by atoms with Gasteiger partial charge in [0, 0.05) is 17.7 Å². The first kappa shape index (κ1) is 23.2. The average molecular weight is 458 g/mol. The number of nitrogens with one attached hydrogen (secondary N) is 3. The van der Waals surface area contributed by atoms with Crippen molar-refractivity contribution in [2.24, 2.45) is 4.99 Å². The fourth-order valence-electron chi connectivity index (χ4n) is 3.00. The van der Waals surface area contributed by atoms with Crippen molar-refractivity contribution in [2.45, 2.75) is 18.9 Å². The topological polar surface area (TPSA) is 226 Å². The average Bonchev–Trinajstić information content (AvgIpc) is 2.77. The highest BCUT2D eigenvalue weighted by atomic mass is 16.5. The number of H-pyrrole nitrogens is 1. The van der Waals surface area contributed by atoms with E-state index in [0.29, 0.717) is 17.9 Å². The van der Waals surface area contributed by atoms with Gasteiger partial charge in [0.25, 0.3) is 5.56 Å². The standard InChI is InChI=1S/C19H20N7O7/c20-19-24-15-14(16(29)25-19)23-11(8-22-15)7-21-10-3-1-9(2-4-10)17(30)26(33)12(18(31)32)5-6-13(27)28/h1-4,12,21H,5-8H2,(H,27,28)(H,31,32)(H4,20,22,24,25,29)/q-1/t12-/m0/s1. The molecule has 0 aliphatic carbocycles. The van der Waals surface area contributed by atoms with Crippen LogP contribution >= 0.6 is 0 Å². The number of nitrogen functional groups attached to an aromatic ring is 1. The third kappa shape index (κ3) is 5.62. The molecule has 3 rings (SSSR count). The zero-order valence-electron chi connectivity index (χ0n) is 17.1. The number of aromatic nitrogens is 2. The summed E-state index contributed by atoms with van der Waals surface area (Å²) in [5.74, 6) is -3.69. The van der Waals surface area contributed by atoms with E-state index in [1.807, 2.05) is 0 Å².